The summed E-state index contributed by atoms with van der Waals surface area (Å²) < 4.78 is 0. The third-order valence-electron chi connectivity index (χ3n) is 2.65. The number of nitrogens with one attached hydrogen (secondary N) is 2. The van der Waals surface area contributed by atoms with E-state index in [9.17, 15) is 4.79 Å². The van der Waals surface area contributed by atoms with Gasteiger partial charge >= 0.3 is 0 Å². The van der Waals surface area contributed by atoms with Crippen LogP contribution >= 0.6 is 0 Å². The molecule has 0 radical (unpaired) electrons. The van der Waals surface area contributed by atoms with Crippen LogP contribution in [0.15, 0.2) is 0 Å². The van der Waals surface area contributed by atoms with Crippen molar-refractivity contribution in [3.8, 4) is 0 Å². The minimum atomic E-state index is 0. The lowest BCUT2D eigenvalue weighted by Crippen LogP contribution is -2.42. The van der Waals surface area contributed by atoms with E-state index in [1.54, 1.807) is 0 Å². The first-order valence-corrected chi connectivity index (χ1v) is 5.68. The Morgan fingerprint density at radius 3 is 2.71 bits per heavy atom. The van der Waals surface area contributed by atoms with Crippen LogP contribution in [0.3, 0.4) is 0 Å². The van der Waals surface area contributed by atoms with Crippen molar-refractivity contribution in [2.45, 2.75) is 45.6 Å². The highest BCUT2D eigenvalue weighted by Crippen LogP contribution is 2.06. The Morgan fingerprint density at radius 1 is 1.50 bits per heavy atom. The number of piperidine rings is 1. The van der Waals surface area contributed by atoms with Gasteiger partial charge in [0.25, 0.3) is 0 Å². The summed E-state index contributed by atoms with van der Waals surface area (Å²) in [4.78, 5) is 11.5. The maximum atomic E-state index is 11.5. The first-order chi connectivity index (χ1) is 6.68. The average Bonchev–Trinajstić information content (AvgIpc) is 2.16. The average molecular weight is 200 g/mol. The molecule has 14 heavy (non-hydrogen) atoms. The molecule has 1 aliphatic heterocycles. The second kappa shape index (κ2) is 6.02. The summed E-state index contributed by atoms with van der Waals surface area (Å²) in [6.07, 6.45) is 3.83. The minimum absolute atomic E-state index is 0. The topological polar surface area (TPSA) is 41.1 Å². The van der Waals surface area contributed by atoms with Crippen molar-refractivity contribution in [1.29, 1.82) is 0 Å². The Morgan fingerprint density at radius 2 is 2.14 bits per heavy atom. The van der Waals surface area contributed by atoms with Crippen LogP contribution in [-0.4, -0.2) is 25.0 Å². The molecule has 0 saturated carbocycles. The van der Waals surface area contributed by atoms with E-state index < -0.39 is 0 Å². The van der Waals surface area contributed by atoms with Crippen LogP contribution in [0, 0.1) is 5.92 Å². The van der Waals surface area contributed by atoms with Gasteiger partial charge in [-0.15, -0.1) is 0 Å². The van der Waals surface area contributed by atoms with Crippen LogP contribution in [0.5, 0.6) is 0 Å². The summed E-state index contributed by atoms with van der Waals surface area (Å²) in [6.45, 7) is 6.37. The van der Waals surface area contributed by atoms with E-state index in [2.05, 4.69) is 24.5 Å². The van der Waals surface area contributed by atoms with Crippen molar-refractivity contribution in [2.24, 2.45) is 5.92 Å². The van der Waals surface area contributed by atoms with Crippen LogP contribution in [0.1, 0.15) is 41.0 Å². The molecule has 3 nitrogen and oxygen atoms in total. The minimum Gasteiger partial charge on any atom is -0.353 e. The summed E-state index contributed by atoms with van der Waals surface area (Å²) in [6, 6.07) is 0.413. The zero-order valence-electron chi connectivity index (χ0n) is 9.31. The van der Waals surface area contributed by atoms with Gasteiger partial charge < -0.3 is 10.6 Å². The third-order valence-corrected chi connectivity index (χ3v) is 2.65. The molecule has 3 heteroatoms. The molecule has 1 amide bonds. The molecule has 1 aliphatic rings. The molecule has 0 aliphatic carbocycles. The fourth-order valence-electron chi connectivity index (χ4n) is 1.69. The largest absolute Gasteiger partial charge is 0.353 e. The maximum absolute atomic E-state index is 11.5. The SMILES string of the molecule is CC(C)CCC(=O)NC1CCNCC1.[HH]. The van der Waals surface area contributed by atoms with Crippen LogP contribution in [0.4, 0.5) is 0 Å². The van der Waals surface area contributed by atoms with Crippen molar-refractivity contribution in [2.75, 3.05) is 13.1 Å². The lowest BCUT2D eigenvalue weighted by Gasteiger charge is -2.23. The molecular formula is C11H24N2O. The van der Waals surface area contributed by atoms with E-state index in [4.69, 9.17) is 0 Å². The molecule has 0 bridgehead atoms. The maximum Gasteiger partial charge on any atom is 0.220 e. The molecule has 0 unspecified atom stereocenters. The summed E-state index contributed by atoms with van der Waals surface area (Å²) in [5, 5.41) is 6.38. The highest BCUT2D eigenvalue weighted by Gasteiger charge is 2.14. The van der Waals surface area contributed by atoms with Gasteiger partial charge in [0.15, 0.2) is 0 Å². The van der Waals surface area contributed by atoms with Crippen molar-refractivity contribution in [1.82, 2.24) is 10.6 Å². The Labute approximate surface area is 88.1 Å². The number of amides is 1. The molecule has 1 saturated heterocycles. The van der Waals surface area contributed by atoms with E-state index >= 15 is 0 Å². The fraction of sp³-hybridized carbons (Fsp3) is 0.909. The molecule has 84 valence electrons. The second-order valence-electron chi connectivity index (χ2n) is 4.52. The molecule has 1 heterocycles. The van der Waals surface area contributed by atoms with Crippen LogP contribution in [-0.2, 0) is 4.79 Å². The van der Waals surface area contributed by atoms with Crippen molar-refractivity contribution in [3.63, 3.8) is 0 Å². The first-order valence-electron chi connectivity index (χ1n) is 5.68. The number of hydrogen-bond donors (Lipinski definition) is 2. The Bertz CT molecular complexity index is 179. The molecule has 2 N–H and O–H groups in total. The standard InChI is InChI=1S/C11H22N2O.H2/c1-9(2)3-4-11(14)13-10-5-7-12-8-6-10;/h9-10,12H,3-8H2,1-2H3,(H,13,14);1H. The molecule has 1 rings (SSSR count). The van der Waals surface area contributed by atoms with Crippen LogP contribution in [0.2, 0.25) is 0 Å². The fourth-order valence-corrected chi connectivity index (χ4v) is 1.69. The normalized spacial score (nSPS) is 18.5. The summed E-state index contributed by atoms with van der Waals surface area (Å²) in [5.74, 6) is 0.847. The number of carbonyl (C=O) groups excluding carboxylic acids is 1. The van der Waals surface area contributed by atoms with E-state index in [0.717, 1.165) is 32.4 Å². The molecule has 0 spiro atoms. The van der Waals surface area contributed by atoms with Crippen molar-refractivity contribution in [3.05, 3.63) is 0 Å². The molecule has 0 atom stereocenters. The Kier molecular flexibility index (Phi) is 4.94. The van der Waals surface area contributed by atoms with Crippen LogP contribution in [0.25, 0.3) is 0 Å². The highest BCUT2D eigenvalue weighted by atomic mass is 16.1. The third kappa shape index (κ3) is 4.61. The van der Waals surface area contributed by atoms with Gasteiger partial charge in [-0.25, -0.2) is 0 Å². The van der Waals surface area contributed by atoms with Gasteiger partial charge in [-0.2, -0.15) is 0 Å². The molecule has 0 aromatic heterocycles. The van der Waals surface area contributed by atoms with E-state index in [1.165, 1.54) is 0 Å². The van der Waals surface area contributed by atoms with Gasteiger partial charge in [-0.05, 0) is 38.3 Å². The van der Waals surface area contributed by atoms with Gasteiger partial charge in [-0.3, -0.25) is 4.79 Å². The molecular weight excluding hydrogens is 176 g/mol. The van der Waals surface area contributed by atoms with Gasteiger partial charge in [0, 0.05) is 13.9 Å². The molecule has 1 fully saturated rings. The summed E-state index contributed by atoms with van der Waals surface area (Å²) >= 11 is 0. The first kappa shape index (κ1) is 11.5. The zero-order valence-corrected chi connectivity index (χ0v) is 9.31. The van der Waals surface area contributed by atoms with E-state index in [1.807, 2.05) is 0 Å². The lowest BCUT2D eigenvalue weighted by molar-refractivity contribution is -0.122. The smallest absolute Gasteiger partial charge is 0.220 e. The predicted octanol–water partition coefficient (Wildman–Crippen LogP) is 1.54. The second-order valence-corrected chi connectivity index (χ2v) is 4.52. The summed E-state index contributed by atoms with van der Waals surface area (Å²) in [5.41, 5.74) is 0. The van der Waals surface area contributed by atoms with Gasteiger partial charge in [0.2, 0.25) is 5.91 Å². The Hall–Kier alpha value is -0.570. The number of carbonyl (C=O) groups is 1. The van der Waals surface area contributed by atoms with Gasteiger partial charge in [-0.1, -0.05) is 13.8 Å². The van der Waals surface area contributed by atoms with Crippen molar-refractivity contribution >= 4 is 5.91 Å². The van der Waals surface area contributed by atoms with Gasteiger partial charge in [0.1, 0.15) is 0 Å². The van der Waals surface area contributed by atoms with E-state index in [-0.39, 0.29) is 7.33 Å². The van der Waals surface area contributed by atoms with Gasteiger partial charge in [0.05, 0.1) is 0 Å². The zero-order chi connectivity index (χ0) is 10.4. The number of hydrogen-bond acceptors (Lipinski definition) is 2. The highest BCUT2D eigenvalue weighted by molar-refractivity contribution is 5.76. The van der Waals surface area contributed by atoms with Crippen molar-refractivity contribution < 1.29 is 6.22 Å². The Balaban J connectivity index is 0.00000196. The monoisotopic (exact) mass is 200 g/mol. The van der Waals surface area contributed by atoms with Crippen LogP contribution < -0.4 is 10.6 Å². The van der Waals surface area contributed by atoms with E-state index in [0.29, 0.717) is 18.4 Å². The predicted molar refractivity (Wildman–Crippen MR) is 60.2 cm³/mol. The number of rotatable bonds is 4. The lowest BCUT2D eigenvalue weighted by atomic mass is 10.1. The quantitative estimate of drug-likeness (QED) is 0.722. The summed E-state index contributed by atoms with van der Waals surface area (Å²) in [7, 11) is 0. The molecule has 0 aromatic rings. The molecule has 0 aromatic carbocycles.